The summed E-state index contributed by atoms with van der Waals surface area (Å²) in [4.78, 5) is 12.5. The average molecular weight is 184 g/mol. The van der Waals surface area contributed by atoms with Gasteiger partial charge >= 0.3 is 6.03 Å². The number of rotatable bonds is 5. The second kappa shape index (κ2) is 6.54. The normalized spacial score (nSPS) is 8.33. The highest BCUT2D eigenvalue weighted by molar-refractivity contribution is 7.78. The Morgan fingerprint density at radius 1 is 1.50 bits per heavy atom. The Morgan fingerprint density at radius 3 is 2.58 bits per heavy atom. The number of amides is 2. The Labute approximate surface area is 77.7 Å². The number of hydrogen-bond donors (Lipinski definition) is 1. The van der Waals surface area contributed by atoms with Crippen LogP contribution in [-0.4, -0.2) is 29.5 Å². The third kappa shape index (κ3) is 3.88. The topological polar surface area (TPSA) is 32.3 Å². The summed E-state index contributed by atoms with van der Waals surface area (Å²) >= 11 is 4.63. The summed E-state index contributed by atoms with van der Waals surface area (Å²) in [5.41, 5.74) is 1.29. The predicted molar refractivity (Wildman–Crippen MR) is 54.2 cm³/mol. The number of carbonyl (C=O) groups is 1. The molecule has 0 aromatic heterocycles. The molecule has 12 heavy (non-hydrogen) atoms. The molecule has 3 nitrogen and oxygen atoms in total. The Hall–Kier alpha value is -1.16. The smallest absolute Gasteiger partial charge is 0.322 e. The van der Waals surface area contributed by atoms with Crippen molar-refractivity contribution in [3.05, 3.63) is 25.3 Å². The predicted octanol–water partition coefficient (Wildman–Crippen LogP) is 1.33. The van der Waals surface area contributed by atoms with Crippen LogP contribution in [0.25, 0.3) is 0 Å². The van der Waals surface area contributed by atoms with E-state index in [1.807, 2.05) is 0 Å². The number of carbonyl (C=O) groups excluding carboxylic acids is 1. The van der Waals surface area contributed by atoms with E-state index in [4.69, 9.17) is 0 Å². The lowest BCUT2D eigenvalue weighted by Crippen LogP contribution is -2.38. The van der Waals surface area contributed by atoms with Crippen molar-refractivity contribution in [2.45, 2.75) is 0 Å². The van der Waals surface area contributed by atoms with E-state index >= 15 is 0 Å². The van der Waals surface area contributed by atoms with E-state index in [1.165, 1.54) is 10.4 Å². The fourth-order valence-corrected chi connectivity index (χ4v) is 0.756. The van der Waals surface area contributed by atoms with Crippen molar-refractivity contribution in [3.8, 4) is 0 Å². The van der Waals surface area contributed by atoms with Crippen molar-refractivity contribution in [1.29, 1.82) is 0 Å². The van der Waals surface area contributed by atoms with Crippen molar-refractivity contribution in [3.63, 3.8) is 0 Å². The summed E-state index contributed by atoms with van der Waals surface area (Å²) in [6.45, 7) is 7.84. The van der Waals surface area contributed by atoms with E-state index < -0.39 is 0 Å². The van der Waals surface area contributed by atoms with Gasteiger partial charge in [0.2, 0.25) is 0 Å². The second-order valence-corrected chi connectivity index (χ2v) is 2.23. The van der Waals surface area contributed by atoms with E-state index in [1.54, 1.807) is 12.2 Å². The fourth-order valence-electron chi connectivity index (χ4n) is 0.574. The first-order valence-electron chi connectivity index (χ1n) is 3.47. The molecular formula is C8H12N2OS. The van der Waals surface area contributed by atoms with Gasteiger partial charge in [0, 0.05) is 13.1 Å². The van der Waals surface area contributed by atoms with E-state index in [9.17, 15) is 4.79 Å². The van der Waals surface area contributed by atoms with Crippen LogP contribution in [0.4, 0.5) is 4.79 Å². The molecule has 0 rings (SSSR count). The largest absolute Gasteiger partial charge is 0.334 e. The lowest BCUT2D eigenvalue weighted by Gasteiger charge is -2.14. The molecule has 4 heteroatoms. The molecule has 0 unspecified atom stereocenters. The lowest BCUT2D eigenvalue weighted by molar-refractivity contribution is 0.226. The summed E-state index contributed by atoms with van der Waals surface area (Å²) in [7, 11) is 0. The van der Waals surface area contributed by atoms with E-state index in [2.05, 4.69) is 30.7 Å². The van der Waals surface area contributed by atoms with Crippen molar-refractivity contribution in [2.24, 2.45) is 0 Å². The van der Waals surface area contributed by atoms with Crippen molar-refractivity contribution in [1.82, 2.24) is 10.2 Å². The number of thiocarbonyl (C=S) groups is 1. The standard InChI is InChI=1S/C8H12N2OS/c1-3-5-9-8(11)10(7-12)6-4-2/h3-4,7H,1-2,5-6H2,(H,9,11). The Balaban J connectivity index is 3.92. The highest BCUT2D eigenvalue weighted by Crippen LogP contribution is 1.85. The van der Waals surface area contributed by atoms with E-state index in [0.29, 0.717) is 13.1 Å². The Kier molecular flexibility index (Phi) is 5.91. The lowest BCUT2D eigenvalue weighted by atomic mass is 10.5. The van der Waals surface area contributed by atoms with Gasteiger partial charge in [-0.3, -0.25) is 4.90 Å². The molecule has 0 aliphatic carbocycles. The SMILES string of the molecule is C=CCNC(=O)N(C=S)CC=C. The van der Waals surface area contributed by atoms with Crippen LogP contribution in [0.15, 0.2) is 25.3 Å². The minimum atomic E-state index is -0.232. The number of nitrogens with one attached hydrogen (secondary N) is 1. The van der Waals surface area contributed by atoms with Crippen LogP contribution in [0.3, 0.4) is 0 Å². The molecule has 0 aromatic rings. The minimum absolute atomic E-state index is 0.232. The van der Waals surface area contributed by atoms with Gasteiger partial charge in [-0.25, -0.2) is 4.79 Å². The molecule has 0 saturated heterocycles. The zero-order chi connectivity index (χ0) is 9.40. The van der Waals surface area contributed by atoms with Gasteiger partial charge in [0.1, 0.15) is 0 Å². The van der Waals surface area contributed by atoms with Gasteiger partial charge in [0.05, 0.1) is 5.49 Å². The van der Waals surface area contributed by atoms with Crippen LogP contribution >= 0.6 is 12.2 Å². The highest BCUT2D eigenvalue weighted by Gasteiger charge is 2.05. The molecule has 2 amide bonds. The van der Waals surface area contributed by atoms with Crippen LogP contribution < -0.4 is 5.32 Å². The molecule has 0 aromatic carbocycles. The first-order valence-corrected chi connectivity index (χ1v) is 3.95. The van der Waals surface area contributed by atoms with E-state index in [-0.39, 0.29) is 6.03 Å². The summed E-state index contributed by atoms with van der Waals surface area (Å²) in [6, 6.07) is -0.232. The van der Waals surface area contributed by atoms with Gasteiger partial charge in [-0.1, -0.05) is 24.4 Å². The Bertz CT molecular complexity index is 191. The monoisotopic (exact) mass is 184 g/mol. The van der Waals surface area contributed by atoms with Gasteiger partial charge in [-0.2, -0.15) is 0 Å². The zero-order valence-electron chi connectivity index (χ0n) is 6.82. The molecule has 0 saturated carbocycles. The molecule has 0 spiro atoms. The van der Waals surface area contributed by atoms with Crippen molar-refractivity contribution < 1.29 is 4.79 Å². The maximum atomic E-state index is 11.1. The number of nitrogens with zero attached hydrogens (tertiary/aromatic N) is 1. The third-order valence-electron chi connectivity index (χ3n) is 1.11. The third-order valence-corrected chi connectivity index (χ3v) is 1.37. The van der Waals surface area contributed by atoms with Crippen molar-refractivity contribution >= 4 is 23.7 Å². The summed E-state index contributed by atoms with van der Waals surface area (Å²) in [6.07, 6.45) is 3.21. The van der Waals surface area contributed by atoms with E-state index in [0.717, 1.165) is 0 Å². The van der Waals surface area contributed by atoms with Gasteiger partial charge < -0.3 is 5.32 Å². The van der Waals surface area contributed by atoms with Crippen LogP contribution in [0.2, 0.25) is 0 Å². The molecule has 0 heterocycles. The van der Waals surface area contributed by atoms with Gasteiger partial charge in [-0.15, -0.1) is 13.2 Å². The van der Waals surface area contributed by atoms with Crippen LogP contribution in [0, 0.1) is 0 Å². The average Bonchev–Trinajstić information content (AvgIpc) is 2.10. The maximum Gasteiger partial charge on any atom is 0.322 e. The first-order chi connectivity index (χ1) is 5.76. The number of hydrogen-bond acceptors (Lipinski definition) is 2. The highest BCUT2D eigenvalue weighted by atomic mass is 32.1. The summed E-state index contributed by atoms with van der Waals surface area (Å²) in [5, 5.41) is 2.59. The fraction of sp³-hybridized carbons (Fsp3) is 0.250. The summed E-state index contributed by atoms with van der Waals surface area (Å²) in [5.74, 6) is 0. The quantitative estimate of drug-likeness (QED) is 0.516. The molecule has 0 fully saturated rings. The second-order valence-electron chi connectivity index (χ2n) is 2.02. The van der Waals surface area contributed by atoms with Gasteiger partial charge in [0.25, 0.3) is 0 Å². The minimum Gasteiger partial charge on any atom is -0.334 e. The van der Waals surface area contributed by atoms with Crippen LogP contribution in [0.5, 0.6) is 0 Å². The zero-order valence-corrected chi connectivity index (χ0v) is 7.64. The van der Waals surface area contributed by atoms with Gasteiger partial charge in [0.15, 0.2) is 0 Å². The molecule has 0 aliphatic rings. The maximum absolute atomic E-state index is 11.1. The van der Waals surface area contributed by atoms with Crippen LogP contribution in [0.1, 0.15) is 0 Å². The molecule has 0 bridgehead atoms. The van der Waals surface area contributed by atoms with Crippen LogP contribution in [-0.2, 0) is 0 Å². The summed E-state index contributed by atoms with van der Waals surface area (Å²) < 4.78 is 0. The molecule has 0 atom stereocenters. The first kappa shape index (κ1) is 10.8. The molecule has 0 radical (unpaired) electrons. The number of urea groups is 1. The molecule has 0 aliphatic heterocycles. The Morgan fingerprint density at radius 2 is 2.17 bits per heavy atom. The van der Waals surface area contributed by atoms with Gasteiger partial charge in [-0.05, 0) is 0 Å². The molecule has 1 N–H and O–H groups in total. The molecule has 66 valence electrons. The van der Waals surface area contributed by atoms with Crippen molar-refractivity contribution in [2.75, 3.05) is 13.1 Å². The molecular weight excluding hydrogens is 172 g/mol.